The van der Waals surface area contributed by atoms with E-state index in [9.17, 15) is 14.7 Å². The number of imidazole rings is 1. The number of aliphatic hydroxyl groups is 1. The first kappa shape index (κ1) is 15.5. The fraction of sp³-hybridized carbons (Fsp3) is 0.643. The van der Waals surface area contributed by atoms with Gasteiger partial charge in [0.15, 0.2) is 0 Å². The van der Waals surface area contributed by atoms with Gasteiger partial charge in [-0.2, -0.15) is 0 Å². The molecule has 1 atom stereocenters. The van der Waals surface area contributed by atoms with Crippen molar-refractivity contribution in [3.63, 3.8) is 0 Å². The van der Waals surface area contributed by atoms with Gasteiger partial charge in [0.2, 0.25) is 11.8 Å². The maximum Gasteiger partial charge on any atom is 0.245 e. The van der Waals surface area contributed by atoms with Crippen LogP contribution in [0.2, 0.25) is 0 Å². The minimum atomic E-state index is -0.494. The molecule has 1 aromatic heterocycles. The molecule has 7 heteroatoms. The standard InChI is InChI=1S/C14H22N4O3/c1-11(18-6-3-4-13(18)20)14(21)17(8-9-19)10-12-15-5-7-16(12)2/h5,7,11,19H,3-4,6,8-10H2,1-2H3/t11-/m0/s1. The molecule has 2 rings (SSSR count). The van der Waals surface area contributed by atoms with Crippen LogP contribution in [0.3, 0.4) is 0 Å². The van der Waals surface area contributed by atoms with Gasteiger partial charge in [-0.05, 0) is 13.3 Å². The van der Waals surface area contributed by atoms with E-state index in [2.05, 4.69) is 4.98 Å². The summed E-state index contributed by atoms with van der Waals surface area (Å²) in [4.78, 5) is 31.7. The molecule has 1 N–H and O–H groups in total. The molecular weight excluding hydrogens is 272 g/mol. The van der Waals surface area contributed by atoms with Crippen molar-refractivity contribution in [3.05, 3.63) is 18.2 Å². The summed E-state index contributed by atoms with van der Waals surface area (Å²) in [6.07, 6.45) is 4.79. The molecule has 0 spiro atoms. The highest BCUT2D eigenvalue weighted by Gasteiger charge is 2.32. The van der Waals surface area contributed by atoms with E-state index >= 15 is 0 Å². The van der Waals surface area contributed by atoms with E-state index in [0.29, 0.717) is 19.5 Å². The number of rotatable bonds is 6. The van der Waals surface area contributed by atoms with Gasteiger partial charge in [0.25, 0.3) is 0 Å². The van der Waals surface area contributed by atoms with Gasteiger partial charge in [-0.3, -0.25) is 9.59 Å². The minimum Gasteiger partial charge on any atom is -0.395 e. The van der Waals surface area contributed by atoms with Crippen molar-refractivity contribution in [2.24, 2.45) is 7.05 Å². The second-order valence-corrected chi connectivity index (χ2v) is 5.30. The van der Waals surface area contributed by atoms with Crippen LogP contribution in [0.4, 0.5) is 0 Å². The van der Waals surface area contributed by atoms with Gasteiger partial charge in [-0.25, -0.2) is 4.98 Å². The first-order valence-electron chi connectivity index (χ1n) is 7.20. The number of carbonyl (C=O) groups is 2. The van der Waals surface area contributed by atoms with Crippen molar-refractivity contribution in [1.29, 1.82) is 0 Å². The van der Waals surface area contributed by atoms with Crippen LogP contribution in [-0.4, -0.2) is 62.0 Å². The lowest BCUT2D eigenvalue weighted by Gasteiger charge is -2.29. The fourth-order valence-corrected chi connectivity index (χ4v) is 2.58. The van der Waals surface area contributed by atoms with Gasteiger partial charge in [-0.1, -0.05) is 0 Å². The lowest BCUT2D eigenvalue weighted by molar-refractivity contribution is -0.143. The third-order valence-electron chi connectivity index (χ3n) is 3.87. The Hall–Kier alpha value is -1.89. The highest BCUT2D eigenvalue weighted by Crippen LogP contribution is 2.16. The fourth-order valence-electron chi connectivity index (χ4n) is 2.58. The lowest BCUT2D eigenvalue weighted by atomic mass is 10.2. The van der Waals surface area contributed by atoms with Crippen molar-refractivity contribution in [2.45, 2.75) is 32.4 Å². The second-order valence-electron chi connectivity index (χ2n) is 5.30. The first-order chi connectivity index (χ1) is 10.0. The Kier molecular flexibility index (Phi) is 4.95. The molecule has 0 radical (unpaired) electrons. The minimum absolute atomic E-state index is 0.0248. The number of nitrogens with zero attached hydrogens (tertiary/aromatic N) is 4. The van der Waals surface area contributed by atoms with Crippen molar-refractivity contribution < 1.29 is 14.7 Å². The van der Waals surface area contributed by atoms with Crippen LogP contribution in [0.15, 0.2) is 12.4 Å². The van der Waals surface area contributed by atoms with Gasteiger partial charge in [0, 0.05) is 39.0 Å². The van der Waals surface area contributed by atoms with Crippen LogP contribution < -0.4 is 0 Å². The zero-order chi connectivity index (χ0) is 15.4. The highest BCUT2D eigenvalue weighted by molar-refractivity contribution is 5.88. The van der Waals surface area contributed by atoms with Crippen LogP contribution in [-0.2, 0) is 23.2 Å². The topological polar surface area (TPSA) is 78.7 Å². The first-order valence-corrected chi connectivity index (χ1v) is 7.20. The van der Waals surface area contributed by atoms with Crippen LogP contribution >= 0.6 is 0 Å². The molecule has 2 heterocycles. The molecule has 0 saturated carbocycles. The molecular formula is C14H22N4O3. The number of aryl methyl sites for hydroxylation is 1. The summed E-state index contributed by atoms with van der Waals surface area (Å²) in [5.74, 6) is 0.621. The normalized spacial score (nSPS) is 16.3. The van der Waals surface area contributed by atoms with E-state index in [1.54, 1.807) is 22.9 Å². The number of amides is 2. The molecule has 0 bridgehead atoms. The summed E-state index contributed by atoms with van der Waals surface area (Å²) in [5.41, 5.74) is 0. The average Bonchev–Trinajstić information content (AvgIpc) is 3.06. The summed E-state index contributed by atoms with van der Waals surface area (Å²) in [6, 6.07) is -0.494. The molecule has 1 aromatic rings. The van der Waals surface area contributed by atoms with E-state index in [1.165, 1.54) is 0 Å². The Labute approximate surface area is 124 Å². The summed E-state index contributed by atoms with van der Waals surface area (Å²) < 4.78 is 1.84. The Bertz CT molecular complexity index is 514. The number of aromatic nitrogens is 2. The highest BCUT2D eigenvalue weighted by atomic mass is 16.3. The second kappa shape index (κ2) is 6.71. The molecule has 1 saturated heterocycles. The van der Waals surface area contributed by atoms with E-state index < -0.39 is 6.04 Å². The predicted molar refractivity (Wildman–Crippen MR) is 76.1 cm³/mol. The SMILES string of the molecule is C[C@@H](C(=O)N(CCO)Cc1nccn1C)N1CCCC1=O. The maximum absolute atomic E-state index is 12.6. The molecule has 1 aliphatic rings. The van der Waals surface area contributed by atoms with Crippen molar-refractivity contribution >= 4 is 11.8 Å². The zero-order valence-electron chi connectivity index (χ0n) is 12.5. The molecule has 1 aliphatic heterocycles. The molecule has 0 aromatic carbocycles. The number of hydrogen-bond donors (Lipinski definition) is 1. The van der Waals surface area contributed by atoms with E-state index in [1.807, 2.05) is 17.8 Å². The lowest BCUT2D eigenvalue weighted by Crippen LogP contribution is -2.48. The summed E-state index contributed by atoms with van der Waals surface area (Å²) >= 11 is 0. The molecule has 2 amide bonds. The van der Waals surface area contributed by atoms with E-state index in [0.717, 1.165) is 12.2 Å². The summed E-state index contributed by atoms with van der Waals surface area (Å²) in [5, 5.41) is 9.18. The van der Waals surface area contributed by atoms with Crippen molar-refractivity contribution in [1.82, 2.24) is 19.4 Å². The maximum atomic E-state index is 12.6. The quantitative estimate of drug-likeness (QED) is 0.785. The molecule has 0 unspecified atom stereocenters. The Morgan fingerprint density at radius 2 is 2.33 bits per heavy atom. The van der Waals surface area contributed by atoms with Gasteiger partial charge in [0.1, 0.15) is 11.9 Å². The van der Waals surface area contributed by atoms with E-state index in [4.69, 9.17) is 0 Å². The number of aliphatic hydroxyl groups excluding tert-OH is 1. The molecule has 116 valence electrons. The smallest absolute Gasteiger partial charge is 0.245 e. The third kappa shape index (κ3) is 3.41. The van der Waals surface area contributed by atoms with Crippen LogP contribution in [0.5, 0.6) is 0 Å². The summed E-state index contributed by atoms with van der Waals surface area (Å²) in [7, 11) is 1.86. The summed E-state index contributed by atoms with van der Waals surface area (Å²) in [6.45, 7) is 2.82. The van der Waals surface area contributed by atoms with Gasteiger partial charge in [-0.15, -0.1) is 0 Å². The Morgan fingerprint density at radius 3 is 2.86 bits per heavy atom. The third-order valence-corrected chi connectivity index (χ3v) is 3.87. The number of likely N-dealkylation sites (tertiary alicyclic amines) is 1. The van der Waals surface area contributed by atoms with Crippen molar-refractivity contribution in [3.8, 4) is 0 Å². The van der Waals surface area contributed by atoms with Gasteiger partial charge in [0.05, 0.1) is 13.2 Å². The average molecular weight is 294 g/mol. The zero-order valence-corrected chi connectivity index (χ0v) is 12.5. The molecule has 7 nitrogen and oxygen atoms in total. The largest absolute Gasteiger partial charge is 0.395 e. The Morgan fingerprint density at radius 1 is 1.57 bits per heavy atom. The van der Waals surface area contributed by atoms with Crippen LogP contribution in [0.1, 0.15) is 25.6 Å². The monoisotopic (exact) mass is 294 g/mol. The van der Waals surface area contributed by atoms with E-state index in [-0.39, 0.29) is 25.0 Å². The molecule has 0 aliphatic carbocycles. The van der Waals surface area contributed by atoms with Gasteiger partial charge < -0.3 is 19.5 Å². The molecule has 1 fully saturated rings. The Balaban J connectivity index is 2.08. The van der Waals surface area contributed by atoms with Crippen LogP contribution in [0, 0.1) is 0 Å². The van der Waals surface area contributed by atoms with Crippen molar-refractivity contribution in [2.75, 3.05) is 19.7 Å². The number of hydrogen-bond acceptors (Lipinski definition) is 4. The van der Waals surface area contributed by atoms with Gasteiger partial charge >= 0.3 is 0 Å². The number of carbonyl (C=O) groups excluding carboxylic acids is 2. The predicted octanol–water partition coefficient (Wildman–Crippen LogP) is -0.248. The molecule has 21 heavy (non-hydrogen) atoms. The van der Waals surface area contributed by atoms with Crippen LogP contribution in [0.25, 0.3) is 0 Å².